The van der Waals surface area contributed by atoms with Crippen LogP contribution in [0.1, 0.15) is 36.1 Å². The Morgan fingerprint density at radius 1 is 1.03 bits per heavy atom. The summed E-state index contributed by atoms with van der Waals surface area (Å²) >= 11 is 6.31. The van der Waals surface area contributed by atoms with Gasteiger partial charge in [0, 0.05) is 90.0 Å². The van der Waals surface area contributed by atoms with Gasteiger partial charge in [-0.05, 0) is 48.2 Å². The number of halogens is 1. The first-order valence-electron chi connectivity index (χ1n) is 13.4. The highest BCUT2D eigenvalue weighted by Crippen LogP contribution is 2.36. The van der Waals surface area contributed by atoms with Gasteiger partial charge < -0.3 is 19.7 Å². The summed E-state index contributed by atoms with van der Waals surface area (Å²) in [5, 5.41) is 3.99. The standard InChI is InChI=1S/C27H35ClN4O2.C3H8O/c1-29-26-7-6-24(28)18-25(26)22-8-9-32(20-33)27(17-22)23-5-3-4-21(16-23)19-31-12-10-30(11-13-31)14-15-34-2;1-3-4-2/h3-7,16-18,20,27,29H,8-15,19H2,1-2H3;3H2,1-2H3. The number of hydrogen-bond donors (Lipinski definition) is 1. The number of carbonyl (C=O) groups excluding carboxylic acids is 1. The maximum absolute atomic E-state index is 11.9. The zero-order valence-electron chi connectivity index (χ0n) is 23.3. The van der Waals surface area contributed by atoms with E-state index in [1.807, 2.05) is 37.1 Å². The third-order valence-corrected chi connectivity index (χ3v) is 7.39. The molecule has 1 saturated heterocycles. The Labute approximate surface area is 233 Å². The summed E-state index contributed by atoms with van der Waals surface area (Å²) in [6.45, 7) is 10.4. The molecule has 0 saturated carbocycles. The largest absolute Gasteiger partial charge is 0.388 e. The second-order valence-corrected chi connectivity index (χ2v) is 10.0. The first kappa shape index (κ1) is 30.1. The normalized spacial score (nSPS) is 18.4. The van der Waals surface area contributed by atoms with Crippen molar-refractivity contribution in [3.05, 3.63) is 70.3 Å². The van der Waals surface area contributed by atoms with Gasteiger partial charge in [0.05, 0.1) is 12.6 Å². The molecule has 1 atom stereocenters. The molecule has 1 unspecified atom stereocenters. The molecule has 38 heavy (non-hydrogen) atoms. The van der Waals surface area contributed by atoms with Crippen LogP contribution in [0.25, 0.3) is 5.57 Å². The first-order chi connectivity index (χ1) is 18.5. The lowest BCUT2D eigenvalue weighted by atomic mass is 9.91. The third-order valence-electron chi connectivity index (χ3n) is 7.15. The van der Waals surface area contributed by atoms with E-state index in [-0.39, 0.29) is 6.04 Å². The van der Waals surface area contributed by atoms with E-state index in [2.05, 4.69) is 50.2 Å². The minimum atomic E-state index is -0.0872. The van der Waals surface area contributed by atoms with E-state index in [1.165, 1.54) is 11.1 Å². The Bertz CT molecular complexity index is 1040. The Morgan fingerprint density at radius 3 is 2.42 bits per heavy atom. The van der Waals surface area contributed by atoms with Crippen LogP contribution < -0.4 is 5.32 Å². The molecule has 2 aromatic rings. The van der Waals surface area contributed by atoms with Crippen molar-refractivity contribution < 1.29 is 14.3 Å². The molecule has 0 aromatic heterocycles. The van der Waals surface area contributed by atoms with E-state index >= 15 is 0 Å². The molecule has 0 spiro atoms. The number of piperazine rings is 1. The second-order valence-electron chi connectivity index (χ2n) is 9.60. The van der Waals surface area contributed by atoms with E-state index in [1.54, 1.807) is 14.2 Å². The number of amides is 1. The number of rotatable bonds is 10. The molecule has 208 valence electrons. The summed E-state index contributed by atoms with van der Waals surface area (Å²) in [6.07, 6.45) is 4.00. The number of ether oxygens (including phenoxy) is 2. The quantitative estimate of drug-likeness (QED) is 0.436. The van der Waals surface area contributed by atoms with Crippen LogP contribution in [0.5, 0.6) is 0 Å². The zero-order valence-corrected chi connectivity index (χ0v) is 24.0. The number of nitrogens with zero attached hydrogens (tertiary/aromatic N) is 3. The smallest absolute Gasteiger partial charge is 0.210 e. The topological polar surface area (TPSA) is 57.3 Å². The molecule has 4 rings (SSSR count). The van der Waals surface area contributed by atoms with Crippen LogP contribution in [0.3, 0.4) is 0 Å². The molecule has 2 heterocycles. The maximum atomic E-state index is 11.9. The van der Waals surface area contributed by atoms with Crippen molar-refractivity contribution in [1.29, 1.82) is 0 Å². The molecule has 1 N–H and O–H groups in total. The fraction of sp³-hybridized carbons (Fsp3) is 0.500. The second kappa shape index (κ2) is 15.9. The van der Waals surface area contributed by atoms with Crippen molar-refractivity contribution in [1.82, 2.24) is 14.7 Å². The molecule has 1 amide bonds. The Hall–Kier alpha value is -2.42. The highest BCUT2D eigenvalue weighted by Gasteiger charge is 2.25. The molecule has 2 aliphatic heterocycles. The predicted octanol–water partition coefficient (Wildman–Crippen LogP) is 4.79. The number of benzene rings is 2. The Morgan fingerprint density at radius 2 is 1.76 bits per heavy atom. The molecule has 2 aromatic carbocycles. The summed E-state index contributed by atoms with van der Waals surface area (Å²) in [5.74, 6) is 0. The van der Waals surface area contributed by atoms with Gasteiger partial charge >= 0.3 is 0 Å². The Balaban J connectivity index is 0.000000934. The molecule has 0 radical (unpaired) electrons. The van der Waals surface area contributed by atoms with Crippen molar-refractivity contribution in [2.45, 2.75) is 25.9 Å². The van der Waals surface area contributed by atoms with E-state index in [9.17, 15) is 4.79 Å². The summed E-state index contributed by atoms with van der Waals surface area (Å²) in [6, 6.07) is 14.5. The minimum Gasteiger partial charge on any atom is -0.388 e. The van der Waals surface area contributed by atoms with Crippen molar-refractivity contribution in [3.63, 3.8) is 0 Å². The van der Waals surface area contributed by atoms with Crippen LogP contribution in [0.2, 0.25) is 5.02 Å². The van der Waals surface area contributed by atoms with Crippen LogP contribution in [-0.4, -0.2) is 94.9 Å². The number of hydrogen-bond acceptors (Lipinski definition) is 6. The monoisotopic (exact) mass is 542 g/mol. The van der Waals surface area contributed by atoms with Gasteiger partial charge in [0.2, 0.25) is 6.41 Å². The van der Waals surface area contributed by atoms with Crippen LogP contribution in [0, 0.1) is 0 Å². The van der Waals surface area contributed by atoms with E-state index < -0.39 is 0 Å². The summed E-state index contributed by atoms with van der Waals surface area (Å²) in [5.41, 5.74) is 5.80. The fourth-order valence-electron chi connectivity index (χ4n) is 4.91. The van der Waals surface area contributed by atoms with Gasteiger partial charge in [0.15, 0.2) is 0 Å². The van der Waals surface area contributed by atoms with Crippen LogP contribution >= 0.6 is 11.6 Å². The van der Waals surface area contributed by atoms with Crippen LogP contribution in [-0.2, 0) is 20.8 Å². The lowest BCUT2D eigenvalue weighted by Gasteiger charge is -2.35. The molecule has 1 fully saturated rings. The highest BCUT2D eigenvalue weighted by atomic mass is 35.5. The average Bonchev–Trinajstić information content (AvgIpc) is 2.96. The summed E-state index contributed by atoms with van der Waals surface area (Å²) < 4.78 is 9.75. The Kier molecular flexibility index (Phi) is 12.6. The molecular weight excluding hydrogens is 500 g/mol. The molecule has 0 aliphatic carbocycles. The molecule has 8 heteroatoms. The molecule has 0 bridgehead atoms. The van der Waals surface area contributed by atoms with Gasteiger partial charge in [-0.1, -0.05) is 41.9 Å². The van der Waals surface area contributed by atoms with Gasteiger partial charge in [0.25, 0.3) is 0 Å². The molecular formula is C30H43ClN4O3. The molecule has 7 nitrogen and oxygen atoms in total. The van der Waals surface area contributed by atoms with Crippen LogP contribution in [0.4, 0.5) is 5.69 Å². The average molecular weight is 543 g/mol. The van der Waals surface area contributed by atoms with Crippen LogP contribution in [0.15, 0.2) is 48.5 Å². The number of anilines is 1. The van der Waals surface area contributed by atoms with Gasteiger partial charge in [0.1, 0.15) is 0 Å². The van der Waals surface area contributed by atoms with Crippen molar-refractivity contribution in [3.8, 4) is 0 Å². The lowest BCUT2D eigenvalue weighted by Crippen LogP contribution is -2.46. The number of nitrogens with one attached hydrogen (secondary N) is 1. The predicted molar refractivity (Wildman–Crippen MR) is 157 cm³/mol. The van der Waals surface area contributed by atoms with Gasteiger partial charge in [-0.3, -0.25) is 14.6 Å². The van der Waals surface area contributed by atoms with E-state index in [4.69, 9.17) is 16.3 Å². The van der Waals surface area contributed by atoms with E-state index in [0.717, 1.165) is 82.1 Å². The van der Waals surface area contributed by atoms with Crippen molar-refractivity contribution in [2.24, 2.45) is 0 Å². The van der Waals surface area contributed by atoms with Crippen molar-refractivity contribution >= 4 is 29.3 Å². The van der Waals surface area contributed by atoms with E-state index in [0.29, 0.717) is 11.6 Å². The number of carbonyl (C=O) groups is 1. The van der Waals surface area contributed by atoms with Gasteiger partial charge in [-0.15, -0.1) is 0 Å². The van der Waals surface area contributed by atoms with Crippen molar-refractivity contribution in [2.75, 3.05) is 79.1 Å². The lowest BCUT2D eigenvalue weighted by molar-refractivity contribution is -0.119. The third kappa shape index (κ3) is 8.55. The highest BCUT2D eigenvalue weighted by molar-refractivity contribution is 6.30. The summed E-state index contributed by atoms with van der Waals surface area (Å²) in [4.78, 5) is 18.8. The number of methoxy groups -OCH3 is 2. The fourth-order valence-corrected chi connectivity index (χ4v) is 5.09. The first-order valence-corrected chi connectivity index (χ1v) is 13.8. The maximum Gasteiger partial charge on any atom is 0.210 e. The summed E-state index contributed by atoms with van der Waals surface area (Å²) in [7, 11) is 5.36. The van der Waals surface area contributed by atoms with Gasteiger partial charge in [-0.25, -0.2) is 0 Å². The molecule has 2 aliphatic rings. The SMILES string of the molecule is CCOC.CNc1ccc(Cl)cc1C1=CC(c2cccc(CN3CCN(CCOC)CC3)c2)N(C=O)CC1. The van der Waals surface area contributed by atoms with Gasteiger partial charge in [-0.2, -0.15) is 0 Å². The zero-order chi connectivity index (χ0) is 27.3. The minimum absolute atomic E-state index is 0.0872.